The Morgan fingerprint density at radius 2 is 2.05 bits per heavy atom. The predicted octanol–water partition coefficient (Wildman–Crippen LogP) is 4.93. The van der Waals surface area contributed by atoms with Crippen LogP contribution in [0, 0.1) is 5.82 Å². The molecule has 0 heterocycles. The molecule has 0 aliphatic heterocycles. The Bertz CT molecular complexity index is 621. The molecular weight excluding hydrogens is 357 g/mol. The number of rotatable bonds is 6. The zero-order chi connectivity index (χ0) is 15.2. The Morgan fingerprint density at radius 1 is 1.24 bits per heavy atom. The van der Waals surface area contributed by atoms with Gasteiger partial charge in [0.15, 0.2) is 0 Å². The van der Waals surface area contributed by atoms with Crippen LogP contribution in [0.4, 0.5) is 4.39 Å². The molecule has 0 radical (unpaired) electrons. The van der Waals surface area contributed by atoms with Crippen molar-refractivity contribution >= 4 is 27.5 Å². The third-order valence-electron chi connectivity index (χ3n) is 2.99. The van der Waals surface area contributed by atoms with Crippen LogP contribution in [0.1, 0.15) is 18.1 Å². The van der Waals surface area contributed by atoms with E-state index in [-0.39, 0.29) is 12.4 Å². The molecule has 0 bridgehead atoms. The molecule has 5 heteroatoms. The Labute approximate surface area is 137 Å². The molecule has 2 rings (SSSR count). The van der Waals surface area contributed by atoms with E-state index in [1.807, 2.05) is 19.1 Å². The van der Waals surface area contributed by atoms with Crippen molar-refractivity contribution in [3.05, 3.63) is 62.8 Å². The number of hydrogen-bond donors (Lipinski definition) is 1. The molecular formula is C16H16BrClFNO. The molecule has 0 aromatic heterocycles. The summed E-state index contributed by atoms with van der Waals surface area (Å²) in [5.41, 5.74) is 1.44. The topological polar surface area (TPSA) is 21.3 Å². The van der Waals surface area contributed by atoms with Crippen LogP contribution in [0.2, 0.25) is 5.02 Å². The summed E-state index contributed by atoms with van der Waals surface area (Å²) in [4.78, 5) is 0. The molecule has 0 atom stereocenters. The molecule has 0 aliphatic carbocycles. The minimum absolute atomic E-state index is 0.133. The smallest absolute Gasteiger partial charge is 0.142 e. The summed E-state index contributed by atoms with van der Waals surface area (Å²) in [5.74, 6) is 0.304. The average molecular weight is 373 g/mol. The van der Waals surface area contributed by atoms with Crippen molar-refractivity contribution in [2.45, 2.75) is 20.1 Å². The number of nitrogens with one attached hydrogen (secondary N) is 1. The highest BCUT2D eigenvalue weighted by Gasteiger charge is 2.10. The predicted molar refractivity (Wildman–Crippen MR) is 87.3 cm³/mol. The highest BCUT2D eigenvalue weighted by atomic mass is 79.9. The van der Waals surface area contributed by atoms with Gasteiger partial charge in [-0.05, 0) is 30.8 Å². The molecule has 112 valence electrons. The lowest BCUT2D eigenvalue weighted by molar-refractivity contribution is 0.296. The first-order valence-electron chi connectivity index (χ1n) is 6.66. The summed E-state index contributed by atoms with van der Waals surface area (Å²) in [6, 6.07) is 10.4. The van der Waals surface area contributed by atoms with Crippen LogP contribution in [0.15, 0.2) is 40.9 Å². The number of ether oxygens (including phenoxy) is 1. The lowest BCUT2D eigenvalue weighted by Crippen LogP contribution is -2.13. The van der Waals surface area contributed by atoms with Crippen LogP contribution < -0.4 is 10.1 Å². The summed E-state index contributed by atoms with van der Waals surface area (Å²) in [6.45, 7) is 3.68. The Kier molecular flexibility index (Phi) is 6.03. The molecule has 0 saturated carbocycles. The van der Waals surface area contributed by atoms with E-state index < -0.39 is 0 Å². The highest BCUT2D eigenvalue weighted by Crippen LogP contribution is 2.30. The number of hydrogen-bond acceptors (Lipinski definition) is 2. The first-order chi connectivity index (χ1) is 10.1. The number of benzene rings is 2. The monoisotopic (exact) mass is 371 g/mol. The van der Waals surface area contributed by atoms with Crippen molar-refractivity contribution in [3.8, 4) is 5.75 Å². The van der Waals surface area contributed by atoms with Crippen LogP contribution in [0.5, 0.6) is 5.75 Å². The van der Waals surface area contributed by atoms with Gasteiger partial charge in [-0.1, -0.05) is 46.6 Å². The van der Waals surface area contributed by atoms with Crippen molar-refractivity contribution < 1.29 is 9.13 Å². The standard InChI is InChI=1S/C16H16BrClFNO/c1-2-20-9-11-4-3-5-14(18)16(11)21-10-12-8-13(17)6-7-15(12)19/h3-8,20H,2,9-10H2,1H3. The Morgan fingerprint density at radius 3 is 2.81 bits per heavy atom. The maximum Gasteiger partial charge on any atom is 0.142 e. The third-order valence-corrected chi connectivity index (χ3v) is 3.78. The van der Waals surface area contributed by atoms with Crippen LogP contribution in [-0.4, -0.2) is 6.54 Å². The van der Waals surface area contributed by atoms with Crippen molar-refractivity contribution in [1.82, 2.24) is 5.32 Å². The first-order valence-corrected chi connectivity index (χ1v) is 7.83. The van der Waals surface area contributed by atoms with E-state index in [9.17, 15) is 4.39 Å². The zero-order valence-corrected chi connectivity index (χ0v) is 14.0. The molecule has 0 amide bonds. The molecule has 0 unspecified atom stereocenters. The van der Waals surface area contributed by atoms with Gasteiger partial charge in [0, 0.05) is 22.1 Å². The fourth-order valence-corrected chi connectivity index (χ4v) is 2.58. The summed E-state index contributed by atoms with van der Waals surface area (Å²) >= 11 is 9.52. The van der Waals surface area contributed by atoms with Crippen LogP contribution >= 0.6 is 27.5 Å². The average Bonchev–Trinajstić information content (AvgIpc) is 2.47. The summed E-state index contributed by atoms with van der Waals surface area (Å²) < 4.78 is 20.3. The van der Waals surface area contributed by atoms with Gasteiger partial charge in [-0.2, -0.15) is 0 Å². The highest BCUT2D eigenvalue weighted by molar-refractivity contribution is 9.10. The minimum Gasteiger partial charge on any atom is -0.487 e. The molecule has 0 fully saturated rings. The molecule has 21 heavy (non-hydrogen) atoms. The Balaban J connectivity index is 2.17. The van der Waals surface area contributed by atoms with Gasteiger partial charge in [0.25, 0.3) is 0 Å². The van der Waals surface area contributed by atoms with Gasteiger partial charge in [-0.3, -0.25) is 0 Å². The molecule has 2 aromatic carbocycles. The van der Waals surface area contributed by atoms with Crippen LogP contribution in [0.25, 0.3) is 0 Å². The maximum atomic E-state index is 13.7. The van der Waals surface area contributed by atoms with Crippen molar-refractivity contribution in [1.29, 1.82) is 0 Å². The normalized spacial score (nSPS) is 10.7. The summed E-state index contributed by atoms with van der Waals surface area (Å²) in [6.07, 6.45) is 0. The second kappa shape index (κ2) is 7.78. The second-order valence-corrected chi connectivity index (χ2v) is 5.86. The molecule has 2 nitrogen and oxygen atoms in total. The zero-order valence-electron chi connectivity index (χ0n) is 11.6. The molecule has 0 aliphatic rings. The third kappa shape index (κ3) is 4.43. The lowest BCUT2D eigenvalue weighted by atomic mass is 10.2. The van der Waals surface area contributed by atoms with E-state index in [1.54, 1.807) is 18.2 Å². The summed E-state index contributed by atoms with van der Waals surface area (Å²) in [5, 5.41) is 3.76. The minimum atomic E-state index is -0.293. The van der Waals surface area contributed by atoms with Crippen molar-refractivity contribution in [3.63, 3.8) is 0 Å². The quantitative estimate of drug-likeness (QED) is 0.776. The van der Waals surface area contributed by atoms with Crippen molar-refractivity contribution in [2.75, 3.05) is 6.54 Å². The van der Waals surface area contributed by atoms with E-state index in [1.165, 1.54) is 6.07 Å². The van der Waals surface area contributed by atoms with Gasteiger partial charge in [-0.15, -0.1) is 0 Å². The van der Waals surface area contributed by atoms with Crippen LogP contribution in [0.3, 0.4) is 0 Å². The molecule has 0 saturated heterocycles. The number of para-hydroxylation sites is 1. The SMILES string of the molecule is CCNCc1cccc(Cl)c1OCc1cc(Br)ccc1F. The summed E-state index contributed by atoms with van der Waals surface area (Å²) in [7, 11) is 0. The van der Waals surface area contributed by atoms with Gasteiger partial charge in [-0.25, -0.2) is 4.39 Å². The maximum absolute atomic E-state index is 13.7. The second-order valence-electron chi connectivity index (χ2n) is 4.53. The van der Waals surface area contributed by atoms with Gasteiger partial charge in [0.2, 0.25) is 0 Å². The first kappa shape index (κ1) is 16.3. The fourth-order valence-electron chi connectivity index (χ4n) is 1.92. The largest absolute Gasteiger partial charge is 0.487 e. The fraction of sp³-hybridized carbons (Fsp3) is 0.250. The molecule has 0 spiro atoms. The van der Waals surface area contributed by atoms with Crippen LogP contribution in [-0.2, 0) is 13.2 Å². The van der Waals surface area contributed by atoms with E-state index in [0.29, 0.717) is 22.9 Å². The van der Waals surface area contributed by atoms with E-state index >= 15 is 0 Å². The van der Waals surface area contributed by atoms with E-state index in [0.717, 1.165) is 16.6 Å². The molecule has 2 aromatic rings. The van der Waals surface area contributed by atoms with E-state index in [4.69, 9.17) is 16.3 Å². The molecule has 1 N–H and O–H groups in total. The van der Waals surface area contributed by atoms with Gasteiger partial charge in [0.05, 0.1) is 5.02 Å². The van der Waals surface area contributed by atoms with Crippen molar-refractivity contribution in [2.24, 2.45) is 0 Å². The van der Waals surface area contributed by atoms with E-state index in [2.05, 4.69) is 21.2 Å². The van der Waals surface area contributed by atoms with Gasteiger partial charge >= 0.3 is 0 Å². The van der Waals surface area contributed by atoms with Gasteiger partial charge in [0.1, 0.15) is 18.2 Å². The lowest BCUT2D eigenvalue weighted by Gasteiger charge is -2.14. The van der Waals surface area contributed by atoms with Gasteiger partial charge < -0.3 is 10.1 Å². The Hall–Kier alpha value is -1.10. The number of halogens is 3.